The van der Waals surface area contributed by atoms with E-state index in [1.54, 1.807) is 6.07 Å². The van der Waals surface area contributed by atoms with E-state index in [-0.39, 0.29) is 0 Å². The number of hydrogen-bond acceptors (Lipinski definition) is 3. The minimum atomic E-state index is -3.67. The van der Waals surface area contributed by atoms with Crippen molar-refractivity contribution in [2.75, 3.05) is 0 Å². The van der Waals surface area contributed by atoms with Gasteiger partial charge in [-0.1, -0.05) is 36.4 Å². The lowest BCUT2D eigenvalue weighted by atomic mass is 10.1. The highest BCUT2D eigenvalue weighted by atomic mass is 32.2. The summed E-state index contributed by atoms with van der Waals surface area (Å²) in [5, 5.41) is 19.6. The molecule has 2 aromatic carbocycles. The summed E-state index contributed by atoms with van der Waals surface area (Å²) in [6.45, 7) is 0. The van der Waals surface area contributed by atoms with Crippen molar-refractivity contribution in [3.63, 3.8) is 0 Å². The molecule has 0 aromatic heterocycles. The third kappa shape index (κ3) is 4.26. The van der Waals surface area contributed by atoms with E-state index < -0.39 is 10.2 Å². The number of rotatable bonds is 0. The predicted octanol–water partition coefficient (Wildman–Crippen LogP) is 0.694. The largest absolute Gasteiger partial charge is 0.507 e. The fourth-order valence-electron chi connectivity index (χ4n) is 1.21. The Morgan fingerprint density at radius 2 is 1.44 bits per heavy atom. The minimum absolute atomic E-state index is 0.350. The number of benzene rings is 2. The zero-order chi connectivity index (χ0) is 12.2. The second kappa shape index (κ2) is 4.93. The molecule has 0 spiro atoms. The Kier molecular flexibility index (Phi) is 3.83. The Hall–Kier alpha value is -1.63. The molecule has 6 heteroatoms. The molecule has 0 saturated heterocycles. The highest BCUT2D eigenvalue weighted by Gasteiger charge is 1.94. The first-order valence-electron chi connectivity index (χ1n) is 4.35. The number of nitrogens with two attached hydrogens (primary N) is 2. The molecule has 0 aliphatic carbocycles. The van der Waals surface area contributed by atoms with E-state index in [4.69, 9.17) is 0 Å². The molecule has 0 aliphatic rings. The Balaban J connectivity index is 0.000000221. The number of hydrogen-bond donors (Lipinski definition) is 3. The van der Waals surface area contributed by atoms with E-state index in [0.29, 0.717) is 5.75 Å². The van der Waals surface area contributed by atoms with Crippen molar-refractivity contribution < 1.29 is 13.5 Å². The van der Waals surface area contributed by atoms with Crippen LogP contribution in [-0.2, 0) is 10.2 Å². The van der Waals surface area contributed by atoms with Crippen LogP contribution in [0.3, 0.4) is 0 Å². The Morgan fingerprint density at radius 1 is 0.938 bits per heavy atom. The van der Waals surface area contributed by atoms with E-state index in [2.05, 4.69) is 10.3 Å². The zero-order valence-corrected chi connectivity index (χ0v) is 9.18. The first-order valence-corrected chi connectivity index (χ1v) is 5.96. The van der Waals surface area contributed by atoms with Gasteiger partial charge >= 0.3 is 0 Å². The number of fused-ring (bicyclic) bond motifs is 1. The van der Waals surface area contributed by atoms with Crippen LogP contribution in [0.25, 0.3) is 10.8 Å². The first-order chi connectivity index (χ1) is 7.38. The molecule has 5 N–H and O–H groups in total. The molecule has 0 radical (unpaired) electrons. The molecule has 0 aliphatic heterocycles. The Labute approximate surface area is 93.5 Å². The van der Waals surface area contributed by atoms with Crippen LogP contribution in [0.4, 0.5) is 0 Å². The van der Waals surface area contributed by atoms with Crippen molar-refractivity contribution in [2.45, 2.75) is 0 Å². The van der Waals surface area contributed by atoms with Crippen LogP contribution in [-0.4, -0.2) is 13.5 Å². The van der Waals surface area contributed by atoms with Gasteiger partial charge in [0.25, 0.3) is 10.2 Å². The molecule has 5 nitrogen and oxygen atoms in total. The summed E-state index contributed by atoms with van der Waals surface area (Å²) in [5.41, 5.74) is 0. The lowest BCUT2D eigenvalue weighted by molar-refractivity contribution is 0.481. The summed E-state index contributed by atoms with van der Waals surface area (Å²) >= 11 is 0. The molecule has 0 heterocycles. The van der Waals surface area contributed by atoms with Gasteiger partial charge in [0.1, 0.15) is 5.75 Å². The molecule has 0 saturated carbocycles. The van der Waals surface area contributed by atoms with Crippen LogP contribution >= 0.6 is 0 Å². The third-order valence-electron chi connectivity index (χ3n) is 1.77. The summed E-state index contributed by atoms with van der Waals surface area (Å²) in [6.07, 6.45) is 0. The molecular weight excluding hydrogens is 228 g/mol. The van der Waals surface area contributed by atoms with Gasteiger partial charge in [-0.3, -0.25) is 0 Å². The average Bonchev–Trinajstić information content (AvgIpc) is 2.16. The molecule has 0 fully saturated rings. The molecular formula is C10H12N2O3S. The van der Waals surface area contributed by atoms with Crippen LogP contribution < -0.4 is 10.3 Å². The highest BCUT2D eigenvalue weighted by Crippen LogP contribution is 2.22. The van der Waals surface area contributed by atoms with Gasteiger partial charge in [0.15, 0.2) is 0 Å². The maximum absolute atomic E-state index is 9.37. The predicted molar refractivity (Wildman–Crippen MR) is 62.9 cm³/mol. The van der Waals surface area contributed by atoms with Gasteiger partial charge in [-0.05, 0) is 11.5 Å². The Morgan fingerprint density at radius 3 is 2.00 bits per heavy atom. The van der Waals surface area contributed by atoms with E-state index >= 15 is 0 Å². The number of phenolic OH excluding ortho intramolecular Hbond substituents is 1. The van der Waals surface area contributed by atoms with Gasteiger partial charge in [0.2, 0.25) is 0 Å². The number of phenols is 1. The van der Waals surface area contributed by atoms with Crippen LogP contribution in [0.2, 0.25) is 0 Å². The van der Waals surface area contributed by atoms with Crippen molar-refractivity contribution in [1.29, 1.82) is 0 Å². The van der Waals surface area contributed by atoms with Crippen LogP contribution in [0.15, 0.2) is 42.5 Å². The van der Waals surface area contributed by atoms with Crippen LogP contribution in [0.5, 0.6) is 5.75 Å². The SMILES string of the molecule is NS(N)(=O)=O.Oc1cccc2ccccc12. The van der Waals surface area contributed by atoms with E-state index in [0.717, 1.165) is 10.8 Å². The summed E-state index contributed by atoms with van der Waals surface area (Å²) in [4.78, 5) is 0. The lowest BCUT2D eigenvalue weighted by Crippen LogP contribution is -2.21. The maximum atomic E-state index is 9.37. The second-order valence-electron chi connectivity index (χ2n) is 3.09. The standard InChI is InChI=1S/C10H8O.H4N2O2S/c11-10-7-3-5-8-4-1-2-6-9(8)10;1-5(2,3)4/h1-7,11H;(H4,1,2,3,4). The molecule has 0 atom stereocenters. The average molecular weight is 240 g/mol. The lowest BCUT2D eigenvalue weighted by Gasteiger charge is -1.97. The smallest absolute Gasteiger partial charge is 0.271 e. The normalized spacial score (nSPS) is 10.6. The zero-order valence-electron chi connectivity index (χ0n) is 8.37. The van der Waals surface area contributed by atoms with Crippen molar-refractivity contribution in [1.82, 2.24) is 0 Å². The van der Waals surface area contributed by atoms with Gasteiger partial charge in [0.05, 0.1) is 0 Å². The van der Waals surface area contributed by atoms with E-state index in [1.165, 1.54) is 0 Å². The van der Waals surface area contributed by atoms with Crippen LogP contribution in [0, 0.1) is 0 Å². The molecule has 0 unspecified atom stereocenters. The van der Waals surface area contributed by atoms with E-state index in [1.807, 2.05) is 36.4 Å². The molecule has 0 bridgehead atoms. The highest BCUT2D eigenvalue weighted by molar-refractivity contribution is 7.86. The molecule has 0 amide bonds. The quantitative estimate of drug-likeness (QED) is 0.630. The Bertz CT molecular complexity index is 568. The van der Waals surface area contributed by atoms with Crippen molar-refractivity contribution in [3.05, 3.63) is 42.5 Å². The van der Waals surface area contributed by atoms with Crippen molar-refractivity contribution in [2.24, 2.45) is 10.3 Å². The fraction of sp³-hybridized carbons (Fsp3) is 0. The van der Waals surface area contributed by atoms with E-state index in [9.17, 15) is 13.5 Å². The molecule has 2 aromatic rings. The summed E-state index contributed by atoms with van der Waals surface area (Å²) in [7, 11) is -3.67. The number of aromatic hydroxyl groups is 1. The monoisotopic (exact) mass is 240 g/mol. The summed E-state index contributed by atoms with van der Waals surface area (Å²) in [6, 6.07) is 13.3. The third-order valence-corrected chi connectivity index (χ3v) is 1.77. The maximum Gasteiger partial charge on any atom is 0.271 e. The van der Waals surface area contributed by atoms with Gasteiger partial charge in [-0.15, -0.1) is 0 Å². The van der Waals surface area contributed by atoms with Gasteiger partial charge in [0, 0.05) is 5.39 Å². The second-order valence-corrected chi connectivity index (χ2v) is 4.27. The van der Waals surface area contributed by atoms with Crippen LogP contribution in [0.1, 0.15) is 0 Å². The van der Waals surface area contributed by atoms with Gasteiger partial charge in [-0.2, -0.15) is 8.42 Å². The van der Waals surface area contributed by atoms with Crippen molar-refractivity contribution >= 4 is 21.0 Å². The molecule has 16 heavy (non-hydrogen) atoms. The van der Waals surface area contributed by atoms with Gasteiger partial charge in [-0.25, -0.2) is 10.3 Å². The topological polar surface area (TPSA) is 106 Å². The summed E-state index contributed by atoms with van der Waals surface area (Å²) < 4.78 is 18.4. The summed E-state index contributed by atoms with van der Waals surface area (Å²) in [5.74, 6) is 0.350. The molecule has 2 rings (SSSR count). The van der Waals surface area contributed by atoms with Gasteiger partial charge < -0.3 is 5.11 Å². The van der Waals surface area contributed by atoms with Crippen molar-refractivity contribution in [3.8, 4) is 5.75 Å². The molecule has 86 valence electrons. The minimum Gasteiger partial charge on any atom is -0.507 e. The fourth-order valence-corrected chi connectivity index (χ4v) is 1.21. The first kappa shape index (κ1) is 12.4.